The Balaban J connectivity index is 1.88. The number of hydrogen-bond donors (Lipinski definition) is 0. The van der Waals surface area contributed by atoms with Crippen molar-refractivity contribution in [3.63, 3.8) is 0 Å². The van der Waals surface area contributed by atoms with Crippen LogP contribution in [0, 0.1) is 45.9 Å². The van der Waals surface area contributed by atoms with E-state index in [-0.39, 0.29) is 12.2 Å². The monoisotopic (exact) mass is 518 g/mol. The molecule has 4 aromatic rings. The Labute approximate surface area is 218 Å². The lowest BCUT2D eigenvalue weighted by molar-refractivity contribution is -0.137. The quantitative estimate of drug-likeness (QED) is 0.298. The van der Waals surface area contributed by atoms with E-state index in [1.807, 2.05) is 32.0 Å². The van der Waals surface area contributed by atoms with E-state index in [0.29, 0.717) is 34.1 Å². The second-order valence-electron chi connectivity index (χ2n) is 9.23. The van der Waals surface area contributed by atoms with Crippen molar-refractivity contribution in [2.75, 3.05) is 0 Å². The van der Waals surface area contributed by atoms with E-state index in [1.54, 1.807) is 45.2 Å². The summed E-state index contributed by atoms with van der Waals surface area (Å²) in [6, 6.07) is 12.8. The molecule has 0 aliphatic heterocycles. The molecule has 0 aliphatic rings. The van der Waals surface area contributed by atoms with Crippen molar-refractivity contribution < 1.29 is 17.9 Å². The lowest BCUT2D eigenvalue weighted by Crippen LogP contribution is -2.29. The zero-order valence-electron chi connectivity index (χ0n) is 21.6. The van der Waals surface area contributed by atoms with Crippen LogP contribution in [-0.4, -0.2) is 14.5 Å². The number of rotatable bonds is 5. The van der Waals surface area contributed by atoms with Gasteiger partial charge in [0.25, 0.3) is 5.56 Å². The van der Waals surface area contributed by atoms with Crippen molar-refractivity contribution in [3.05, 3.63) is 104 Å². The lowest BCUT2D eigenvalue weighted by Gasteiger charge is -2.19. The standard InChI is InChI=1S/C29H25F3N4O2/c1-16-6-7-22(17(2)10-16)15-36-25(12-24(29(30,31)32)23(13-33)28(36)37)21-8-9-26(18(3)11-21)38-27-20(5)34-14-19(4)35-27/h6-12,14H,15H2,1-5H3. The molecule has 4 rings (SSSR count). The van der Waals surface area contributed by atoms with E-state index < -0.39 is 22.9 Å². The minimum Gasteiger partial charge on any atom is -0.437 e. The van der Waals surface area contributed by atoms with Gasteiger partial charge in [-0.3, -0.25) is 9.78 Å². The van der Waals surface area contributed by atoms with Crippen LogP contribution >= 0.6 is 0 Å². The molecule has 0 N–H and O–H groups in total. The van der Waals surface area contributed by atoms with Gasteiger partial charge in [0.1, 0.15) is 17.4 Å². The minimum absolute atomic E-state index is 0.00245. The van der Waals surface area contributed by atoms with Gasteiger partial charge in [-0.2, -0.15) is 18.4 Å². The van der Waals surface area contributed by atoms with Gasteiger partial charge in [0, 0.05) is 6.20 Å². The number of ether oxygens (including phenoxy) is 1. The highest BCUT2D eigenvalue weighted by Crippen LogP contribution is 2.35. The van der Waals surface area contributed by atoms with Crippen LogP contribution in [0.25, 0.3) is 11.3 Å². The molecule has 0 saturated heterocycles. The maximum absolute atomic E-state index is 13.9. The maximum Gasteiger partial charge on any atom is 0.417 e. The highest BCUT2D eigenvalue weighted by Gasteiger charge is 2.36. The summed E-state index contributed by atoms with van der Waals surface area (Å²) in [4.78, 5) is 21.9. The molecule has 0 atom stereocenters. The fourth-order valence-electron chi connectivity index (χ4n) is 4.21. The predicted molar refractivity (Wildman–Crippen MR) is 137 cm³/mol. The van der Waals surface area contributed by atoms with E-state index in [9.17, 15) is 23.2 Å². The van der Waals surface area contributed by atoms with Gasteiger partial charge < -0.3 is 9.30 Å². The summed E-state index contributed by atoms with van der Waals surface area (Å²) < 4.78 is 48.9. The zero-order valence-corrected chi connectivity index (χ0v) is 21.6. The molecular weight excluding hydrogens is 493 g/mol. The Bertz CT molecular complexity index is 1650. The fraction of sp³-hybridized carbons (Fsp3) is 0.241. The number of pyridine rings is 1. The third-order valence-corrected chi connectivity index (χ3v) is 6.25. The number of aromatic nitrogens is 3. The molecular formula is C29H25F3N4O2. The van der Waals surface area contributed by atoms with Crippen molar-refractivity contribution in [2.45, 2.75) is 47.3 Å². The summed E-state index contributed by atoms with van der Waals surface area (Å²) >= 11 is 0. The predicted octanol–water partition coefficient (Wildman–Crippen LogP) is 6.58. The Morgan fingerprint density at radius 1 is 1.00 bits per heavy atom. The summed E-state index contributed by atoms with van der Waals surface area (Å²) in [5.74, 6) is 0.773. The van der Waals surface area contributed by atoms with Crippen molar-refractivity contribution >= 4 is 0 Å². The smallest absolute Gasteiger partial charge is 0.417 e. The molecule has 2 aromatic carbocycles. The maximum atomic E-state index is 13.9. The Morgan fingerprint density at radius 2 is 1.74 bits per heavy atom. The van der Waals surface area contributed by atoms with E-state index in [0.717, 1.165) is 22.8 Å². The van der Waals surface area contributed by atoms with Crippen LogP contribution in [0.1, 0.15) is 44.8 Å². The topological polar surface area (TPSA) is 80.8 Å². The summed E-state index contributed by atoms with van der Waals surface area (Å²) in [7, 11) is 0. The second-order valence-corrected chi connectivity index (χ2v) is 9.23. The first kappa shape index (κ1) is 26.6. The SMILES string of the molecule is Cc1ccc(Cn2c(-c3ccc(Oc4nc(C)cnc4C)c(C)c3)cc(C(F)(F)F)c(C#N)c2=O)c(C)c1. The summed E-state index contributed by atoms with van der Waals surface area (Å²) in [6.45, 7) is 9.09. The summed E-state index contributed by atoms with van der Waals surface area (Å²) in [5, 5.41) is 9.48. The number of benzene rings is 2. The first-order chi connectivity index (χ1) is 17.9. The molecule has 0 aliphatic carbocycles. The molecule has 0 fully saturated rings. The highest BCUT2D eigenvalue weighted by atomic mass is 19.4. The normalized spacial score (nSPS) is 11.3. The van der Waals surface area contributed by atoms with Crippen molar-refractivity contribution in [1.82, 2.24) is 14.5 Å². The summed E-state index contributed by atoms with van der Waals surface area (Å²) in [5.41, 5.74) is 1.76. The van der Waals surface area contributed by atoms with Gasteiger partial charge in [-0.1, -0.05) is 23.8 Å². The van der Waals surface area contributed by atoms with Crippen LogP contribution < -0.4 is 10.3 Å². The van der Waals surface area contributed by atoms with Crippen LogP contribution in [0.15, 0.2) is 53.5 Å². The van der Waals surface area contributed by atoms with Crippen LogP contribution in [0.5, 0.6) is 11.6 Å². The van der Waals surface area contributed by atoms with E-state index >= 15 is 0 Å². The number of aryl methyl sites for hydroxylation is 5. The third-order valence-electron chi connectivity index (χ3n) is 6.25. The molecule has 2 heterocycles. The molecule has 194 valence electrons. The average Bonchev–Trinajstić information content (AvgIpc) is 2.84. The Hall–Kier alpha value is -4.45. The van der Waals surface area contributed by atoms with Gasteiger partial charge >= 0.3 is 6.18 Å². The van der Waals surface area contributed by atoms with Crippen molar-refractivity contribution in [1.29, 1.82) is 5.26 Å². The first-order valence-corrected chi connectivity index (χ1v) is 11.8. The fourth-order valence-corrected chi connectivity index (χ4v) is 4.21. The molecule has 2 aromatic heterocycles. The summed E-state index contributed by atoms with van der Waals surface area (Å²) in [6.07, 6.45) is -3.26. The molecule has 0 radical (unpaired) electrons. The van der Waals surface area contributed by atoms with E-state index in [2.05, 4.69) is 9.97 Å². The first-order valence-electron chi connectivity index (χ1n) is 11.8. The number of nitrogens with zero attached hydrogens (tertiary/aromatic N) is 4. The molecule has 9 heteroatoms. The largest absolute Gasteiger partial charge is 0.437 e. The van der Waals surface area contributed by atoms with Gasteiger partial charge in [-0.15, -0.1) is 0 Å². The Kier molecular flexibility index (Phi) is 7.09. The van der Waals surface area contributed by atoms with Crippen molar-refractivity contribution in [3.8, 4) is 29.0 Å². The molecule has 0 unspecified atom stereocenters. The number of halogens is 3. The van der Waals surface area contributed by atoms with Gasteiger partial charge in [-0.25, -0.2) is 4.98 Å². The molecule has 0 saturated carbocycles. The van der Waals surface area contributed by atoms with Crippen LogP contribution in [0.4, 0.5) is 13.2 Å². The zero-order chi connectivity index (χ0) is 27.8. The van der Waals surface area contributed by atoms with Crippen LogP contribution in [0.2, 0.25) is 0 Å². The molecule has 0 amide bonds. The molecule has 6 nitrogen and oxygen atoms in total. The van der Waals surface area contributed by atoms with Crippen molar-refractivity contribution in [2.24, 2.45) is 0 Å². The van der Waals surface area contributed by atoms with Gasteiger partial charge in [0.05, 0.1) is 29.2 Å². The van der Waals surface area contributed by atoms with Crippen LogP contribution in [-0.2, 0) is 12.7 Å². The number of alkyl halides is 3. The van der Waals surface area contributed by atoms with E-state index in [1.165, 1.54) is 10.6 Å². The van der Waals surface area contributed by atoms with E-state index in [4.69, 9.17) is 4.74 Å². The van der Waals surface area contributed by atoms with Gasteiger partial charge in [-0.05, 0) is 81.1 Å². The second kappa shape index (κ2) is 10.1. The minimum atomic E-state index is -4.88. The van der Waals surface area contributed by atoms with Gasteiger partial charge in [0.2, 0.25) is 5.88 Å². The Morgan fingerprint density at radius 3 is 2.37 bits per heavy atom. The number of hydrogen-bond acceptors (Lipinski definition) is 5. The lowest BCUT2D eigenvalue weighted by atomic mass is 10.0. The average molecular weight is 519 g/mol. The highest BCUT2D eigenvalue weighted by molar-refractivity contribution is 5.65. The molecule has 38 heavy (non-hydrogen) atoms. The van der Waals surface area contributed by atoms with Gasteiger partial charge in [0.15, 0.2) is 0 Å². The molecule has 0 spiro atoms. The van der Waals surface area contributed by atoms with Crippen LogP contribution in [0.3, 0.4) is 0 Å². The molecule has 0 bridgehead atoms. The number of nitriles is 1. The third kappa shape index (κ3) is 5.30.